The third kappa shape index (κ3) is 4.46. The molecule has 6 heteroatoms. The zero-order chi connectivity index (χ0) is 38.6. The summed E-state index contributed by atoms with van der Waals surface area (Å²) < 4.78 is 28.4. The summed E-state index contributed by atoms with van der Waals surface area (Å²) in [6, 6.07) is 64.0. The molecule has 0 fully saturated rings. The molecular weight excluding hydrogens is 731 g/mol. The van der Waals surface area contributed by atoms with Crippen LogP contribution in [0.25, 0.3) is 78.7 Å². The van der Waals surface area contributed by atoms with Crippen molar-refractivity contribution in [1.29, 1.82) is 0 Å². The van der Waals surface area contributed by atoms with Crippen LogP contribution in [0.3, 0.4) is 0 Å². The van der Waals surface area contributed by atoms with Gasteiger partial charge in [-0.05, 0) is 79.9 Å². The summed E-state index contributed by atoms with van der Waals surface area (Å²) in [5.41, 5.74) is 14.0. The van der Waals surface area contributed by atoms with Crippen LogP contribution in [0.4, 0.5) is 0 Å². The average molecular weight is 762 g/mol. The molecule has 58 heavy (non-hydrogen) atoms. The zero-order valence-electron chi connectivity index (χ0n) is 31.0. The molecule has 1 atom stereocenters. The Balaban J connectivity index is 1.21. The maximum absolute atomic E-state index is 14.2. The molecule has 272 valence electrons. The second kappa shape index (κ2) is 12.1. The molecule has 1 unspecified atom stereocenters. The van der Waals surface area contributed by atoms with Crippen LogP contribution in [0.15, 0.2) is 198 Å². The number of benzene rings is 8. The molecule has 1 aromatic heterocycles. The van der Waals surface area contributed by atoms with Crippen LogP contribution < -0.4 is 0 Å². The van der Waals surface area contributed by atoms with E-state index in [1.54, 1.807) is 12.1 Å². The van der Waals surface area contributed by atoms with Gasteiger partial charge in [-0.15, -0.1) is 0 Å². The Kier molecular flexibility index (Phi) is 6.87. The highest BCUT2D eigenvalue weighted by atomic mass is 32.2. The predicted octanol–water partition coefficient (Wildman–Crippen LogP) is 11.7. The van der Waals surface area contributed by atoms with Crippen LogP contribution in [0.2, 0.25) is 0 Å². The van der Waals surface area contributed by atoms with Gasteiger partial charge in [0.1, 0.15) is 0 Å². The summed E-state index contributed by atoms with van der Waals surface area (Å²) in [4.78, 5) is 16.0. The number of hydrogen-bond donors (Lipinski definition) is 0. The van der Waals surface area contributed by atoms with Gasteiger partial charge >= 0.3 is 0 Å². The summed E-state index contributed by atoms with van der Waals surface area (Å²) in [6.45, 7) is 0. The highest BCUT2D eigenvalue weighted by Crippen LogP contribution is 2.63. The Morgan fingerprint density at radius 3 is 1.36 bits per heavy atom. The molecular formula is C52H31N3O2S. The molecule has 12 rings (SSSR count). The van der Waals surface area contributed by atoms with Crippen molar-refractivity contribution >= 4 is 9.84 Å². The van der Waals surface area contributed by atoms with Gasteiger partial charge in [-0.2, -0.15) is 0 Å². The fourth-order valence-electron chi connectivity index (χ4n) is 9.67. The Hall–Kier alpha value is -7.28. The SMILES string of the molecule is O=S1(=O)c2ccccc2-c2cc3c(cc21)-c1ccccc1C31c2ccccc2-c2ccccc2-c2ccc(-c3nc(-c4ccccc4)nc(-c4ccccc4)n3)cc21. The molecule has 0 radical (unpaired) electrons. The van der Waals surface area contributed by atoms with E-state index in [1.165, 1.54) is 0 Å². The van der Waals surface area contributed by atoms with Gasteiger partial charge in [0.2, 0.25) is 9.84 Å². The Morgan fingerprint density at radius 1 is 0.310 bits per heavy atom. The van der Waals surface area contributed by atoms with E-state index >= 15 is 0 Å². The smallest absolute Gasteiger partial charge is 0.207 e. The lowest BCUT2D eigenvalue weighted by Crippen LogP contribution is -2.29. The molecule has 0 bridgehead atoms. The number of nitrogens with zero attached hydrogens (tertiary/aromatic N) is 3. The van der Waals surface area contributed by atoms with Crippen molar-refractivity contribution in [1.82, 2.24) is 15.0 Å². The lowest BCUT2D eigenvalue weighted by atomic mass is 9.65. The van der Waals surface area contributed by atoms with E-state index < -0.39 is 15.3 Å². The Labute approximate surface area is 336 Å². The fraction of sp³-hybridized carbons (Fsp3) is 0.0192. The van der Waals surface area contributed by atoms with Gasteiger partial charge in [0.05, 0.1) is 15.2 Å². The van der Waals surface area contributed by atoms with Crippen molar-refractivity contribution in [2.24, 2.45) is 0 Å². The largest absolute Gasteiger partial charge is 0.218 e. The van der Waals surface area contributed by atoms with E-state index in [9.17, 15) is 8.42 Å². The van der Waals surface area contributed by atoms with Crippen LogP contribution >= 0.6 is 0 Å². The van der Waals surface area contributed by atoms with Crippen molar-refractivity contribution < 1.29 is 8.42 Å². The van der Waals surface area contributed by atoms with Crippen molar-refractivity contribution in [3.63, 3.8) is 0 Å². The molecule has 0 saturated heterocycles. The fourth-order valence-corrected chi connectivity index (χ4v) is 11.4. The maximum atomic E-state index is 14.2. The van der Waals surface area contributed by atoms with Crippen LogP contribution in [-0.4, -0.2) is 23.4 Å². The number of rotatable bonds is 3. The quantitative estimate of drug-likeness (QED) is 0.179. The molecule has 8 aromatic carbocycles. The summed E-state index contributed by atoms with van der Waals surface area (Å²) >= 11 is 0. The van der Waals surface area contributed by atoms with Gasteiger partial charge in [-0.3, -0.25) is 0 Å². The van der Waals surface area contributed by atoms with E-state index in [0.717, 1.165) is 83.5 Å². The lowest BCUT2D eigenvalue weighted by molar-refractivity contribution is 0.598. The van der Waals surface area contributed by atoms with Gasteiger partial charge in [0, 0.05) is 27.8 Å². The van der Waals surface area contributed by atoms with Gasteiger partial charge in [0.25, 0.3) is 0 Å². The maximum Gasteiger partial charge on any atom is 0.207 e. The van der Waals surface area contributed by atoms with Crippen LogP contribution in [0, 0.1) is 0 Å². The van der Waals surface area contributed by atoms with E-state index in [-0.39, 0.29) is 0 Å². The molecule has 2 heterocycles. The Morgan fingerprint density at radius 2 is 0.759 bits per heavy atom. The summed E-state index contributed by atoms with van der Waals surface area (Å²) in [6.07, 6.45) is 0. The monoisotopic (exact) mass is 761 g/mol. The van der Waals surface area contributed by atoms with Gasteiger partial charge in [0.15, 0.2) is 17.5 Å². The van der Waals surface area contributed by atoms with Crippen molar-refractivity contribution in [3.8, 4) is 78.7 Å². The third-order valence-electron chi connectivity index (χ3n) is 12.1. The summed E-state index contributed by atoms with van der Waals surface area (Å²) in [7, 11) is -3.72. The van der Waals surface area contributed by atoms with Crippen molar-refractivity contribution in [3.05, 3.63) is 210 Å². The number of hydrogen-bond acceptors (Lipinski definition) is 5. The zero-order valence-corrected chi connectivity index (χ0v) is 31.8. The molecule has 1 aliphatic heterocycles. The van der Waals surface area contributed by atoms with Crippen LogP contribution in [0.5, 0.6) is 0 Å². The second-order valence-corrected chi connectivity index (χ2v) is 17.0. The molecule has 0 N–H and O–H groups in total. The van der Waals surface area contributed by atoms with Crippen LogP contribution in [0.1, 0.15) is 22.3 Å². The summed E-state index contributed by atoms with van der Waals surface area (Å²) in [5, 5.41) is 0. The predicted molar refractivity (Wildman–Crippen MR) is 229 cm³/mol. The van der Waals surface area contributed by atoms with Gasteiger partial charge in [-0.25, -0.2) is 23.4 Å². The number of aromatic nitrogens is 3. The topological polar surface area (TPSA) is 72.8 Å². The first-order valence-electron chi connectivity index (χ1n) is 19.4. The Bertz CT molecular complexity index is 3250. The second-order valence-electron chi connectivity index (χ2n) is 15.1. The molecule has 3 aliphatic rings. The van der Waals surface area contributed by atoms with Gasteiger partial charge in [-0.1, -0.05) is 164 Å². The molecule has 5 nitrogen and oxygen atoms in total. The number of sulfone groups is 1. The molecule has 1 spiro atoms. The van der Waals surface area contributed by atoms with E-state index in [4.69, 9.17) is 15.0 Å². The van der Waals surface area contributed by atoms with E-state index in [0.29, 0.717) is 27.3 Å². The molecule has 0 saturated carbocycles. The highest BCUT2D eigenvalue weighted by Gasteiger charge is 2.51. The van der Waals surface area contributed by atoms with Crippen molar-refractivity contribution in [2.45, 2.75) is 15.2 Å². The van der Waals surface area contributed by atoms with Crippen LogP contribution in [-0.2, 0) is 15.3 Å². The van der Waals surface area contributed by atoms with Crippen molar-refractivity contribution in [2.75, 3.05) is 0 Å². The minimum atomic E-state index is -3.72. The van der Waals surface area contributed by atoms with E-state index in [2.05, 4.69) is 91.0 Å². The molecule has 9 aromatic rings. The third-order valence-corrected chi connectivity index (χ3v) is 14.0. The first kappa shape index (κ1) is 32.9. The van der Waals surface area contributed by atoms with Gasteiger partial charge < -0.3 is 0 Å². The lowest BCUT2D eigenvalue weighted by Gasteiger charge is -2.35. The first-order valence-corrected chi connectivity index (χ1v) is 20.8. The minimum absolute atomic E-state index is 0.352. The first-order chi connectivity index (χ1) is 28.5. The number of fused-ring (bicyclic) bond motifs is 15. The summed E-state index contributed by atoms with van der Waals surface area (Å²) in [5.74, 6) is 1.76. The average Bonchev–Trinajstić information content (AvgIpc) is 3.66. The standard InChI is InChI=1S/C52H31N3O2S/c56-58(57)47-26-14-11-23-40(47)42-30-46-41(31-48(42)58)38-22-10-13-25-44(38)52(46)43-24-12-9-21-37(43)35-19-7-8-20-36(35)39-28-27-34(29-45(39)52)51-54-49(32-15-3-1-4-16-32)53-50(55-51)33-17-5-2-6-18-33/h1-31H. The minimum Gasteiger partial charge on any atom is -0.218 e. The molecule has 2 aliphatic carbocycles. The highest BCUT2D eigenvalue weighted by molar-refractivity contribution is 7.92. The normalized spacial score (nSPS) is 15.9. The van der Waals surface area contributed by atoms with E-state index in [1.807, 2.05) is 84.9 Å². The molecule has 0 amide bonds.